The topological polar surface area (TPSA) is 68.3 Å². The van der Waals surface area contributed by atoms with Crippen LogP contribution in [0.5, 0.6) is 0 Å². The van der Waals surface area contributed by atoms with Crippen molar-refractivity contribution >= 4 is 5.91 Å². The first-order valence-corrected chi connectivity index (χ1v) is 6.64. The quantitative estimate of drug-likeness (QED) is 0.781. The van der Waals surface area contributed by atoms with Crippen LogP contribution in [-0.4, -0.2) is 18.0 Å². The lowest BCUT2D eigenvalue weighted by Gasteiger charge is -2.16. The number of furan rings is 1. The van der Waals surface area contributed by atoms with Crippen molar-refractivity contribution in [3.05, 3.63) is 23.7 Å². The molecule has 102 valence electrons. The zero-order valence-corrected chi connectivity index (χ0v) is 11.5. The molecule has 0 aliphatic rings. The highest BCUT2D eigenvalue weighted by Crippen LogP contribution is 2.10. The first-order valence-electron chi connectivity index (χ1n) is 6.64. The van der Waals surface area contributed by atoms with Gasteiger partial charge in [0.25, 0.3) is 0 Å². The minimum Gasteiger partial charge on any atom is -0.466 e. The first kappa shape index (κ1) is 14.8. The summed E-state index contributed by atoms with van der Waals surface area (Å²) in [6.45, 7) is 5.95. The molecule has 4 nitrogen and oxygen atoms in total. The number of rotatable bonds is 7. The second kappa shape index (κ2) is 7.21. The summed E-state index contributed by atoms with van der Waals surface area (Å²) in [5, 5.41) is 2.94. The first-order chi connectivity index (χ1) is 8.52. The van der Waals surface area contributed by atoms with Gasteiger partial charge in [-0.25, -0.2) is 0 Å². The van der Waals surface area contributed by atoms with Crippen molar-refractivity contribution in [1.29, 1.82) is 0 Å². The highest BCUT2D eigenvalue weighted by Gasteiger charge is 2.14. The number of nitrogens with one attached hydrogen (secondary N) is 1. The maximum absolute atomic E-state index is 11.7. The molecule has 18 heavy (non-hydrogen) atoms. The van der Waals surface area contributed by atoms with Crippen molar-refractivity contribution in [2.45, 2.75) is 58.5 Å². The number of carbonyl (C=O) groups excluding carboxylic acids is 1. The van der Waals surface area contributed by atoms with Crippen molar-refractivity contribution in [1.82, 2.24) is 5.32 Å². The third-order valence-electron chi connectivity index (χ3n) is 2.94. The highest BCUT2D eigenvalue weighted by molar-refractivity contribution is 5.81. The molecule has 1 heterocycles. The number of amides is 1. The van der Waals surface area contributed by atoms with Gasteiger partial charge in [0.15, 0.2) is 0 Å². The molecule has 0 aliphatic heterocycles. The van der Waals surface area contributed by atoms with E-state index in [4.69, 9.17) is 10.2 Å². The molecular weight excluding hydrogens is 228 g/mol. The van der Waals surface area contributed by atoms with Crippen LogP contribution in [0.3, 0.4) is 0 Å². The third kappa shape index (κ3) is 4.92. The Labute approximate surface area is 109 Å². The SMILES string of the molecule is CCCC(N)C(=O)NC(C)CCc1ccc(C)o1. The molecule has 0 fully saturated rings. The summed E-state index contributed by atoms with van der Waals surface area (Å²) in [7, 11) is 0. The van der Waals surface area contributed by atoms with Crippen molar-refractivity contribution in [3.63, 3.8) is 0 Å². The molecule has 2 atom stereocenters. The summed E-state index contributed by atoms with van der Waals surface area (Å²) >= 11 is 0. The Morgan fingerprint density at radius 3 is 2.72 bits per heavy atom. The molecule has 4 heteroatoms. The number of hydrogen-bond acceptors (Lipinski definition) is 3. The maximum Gasteiger partial charge on any atom is 0.237 e. The van der Waals surface area contributed by atoms with Gasteiger partial charge < -0.3 is 15.5 Å². The van der Waals surface area contributed by atoms with Gasteiger partial charge in [-0.05, 0) is 38.8 Å². The molecule has 0 saturated carbocycles. The van der Waals surface area contributed by atoms with Gasteiger partial charge >= 0.3 is 0 Å². The van der Waals surface area contributed by atoms with Crippen molar-refractivity contribution in [3.8, 4) is 0 Å². The highest BCUT2D eigenvalue weighted by atomic mass is 16.3. The Hall–Kier alpha value is -1.29. The summed E-state index contributed by atoms with van der Waals surface area (Å²) in [6.07, 6.45) is 3.35. The van der Waals surface area contributed by atoms with E-state index >= 15 is 0 Å². The van der Waals surface area contributed by atoms with Crippen molar-refractivity contribution in [2.24, 2.45) is 5.73 Å². The number of carbonyl (C=O) groups is 1. The molecule has 1 aromatic heterocycles. The Balaban J connectivity index is 2.28. The van der Waals surface area contributed by atoms with Crippen LogP contribution in [0, 0.1) is 6.92 Å². The molecular formula is C14H24N2O2. The van der Waals surface area contributed by atoms with Crippen LogP contribution in [0.2, 0.25) is 0 Å². The molecule has 0 bridgehead atoms. The average Bonchev–Trinajstić information content (AvgIpc) is 2.73. The molecule has 1 aromatic rings. The largest absolute Gasteiger partial charge is 0.466 e. The fourth-order valence-corrected chi connectivity index (χ4v) is 1.84. The second-order valence-corrected chi connectivity index (χ2v) is 4.86. The van der Waals surface area contributed by atoms with E-state index in [0.717, 1.165) is 37.2 Å². The van der Waals surface area contributed by atoms with Crippen LogP contribution in [0.25, 0.3) is 0 Å². The summed E-state index contributed by atoms with van der Waals surface area (Å²) in [6, 6.07) is 3.66. The molecule has 0 saturated heterocycles. The van der Waals surface area contributed by atoms with Crippen molar-refractivity contribution in [2.75, 3.05) is 0 Å². The normalized spacial score (nSPS) is 14.2. The molecule has 3 N–H and O–H groups in total. The molecule has 0 aromatic carbocycles. The molecule has 2 unspecified atom stereocenters. The predicted octanol–water partition coefficient (Wildman–Crippen LogP) is 2.15. The predicted molar refractivity (Wildman–Crippen MR) is 72.3 cm³/mol. The van der Waals surface area contributed by atoms with E-state index in [1.54, 1.807) is 0 Å². The van der Waals surface area contributed by atoms with Crippen LogP contribution in [0.15, 0.2) is 16.5 Å². The van der Waals surface area contributed by atoms with Crippen LogP contribution in [-0.2, 0) is 11.2 Å². The molecule has 1 amide bonds. The third-order valence-corrected chi connectivity index (χ3v) is 2.94. The second-order valence-electron chi connectivity index (χ2n) is 4.86. The van der Waals surface area contributed by atoms with Gasteiger partial charge in [-0.3, -0.25) is 4.79 Å². The molecule has 1 rings (SSSR count). The van der Waals surface area contributed by atoms with Gasteiger partial charge in [0.2, 0.25) is 5.91 Å². The fraction of sp³-hybridized carbons (Fsp3) is 0.643. The van der Waals surface area contributed by atoms with E-state index in [-0.39, 0.29) is 18.0 Å². The van der Waals surface area contributed by atoms with Crippen molar-refractivity contribution < 1.29 is 9.21 Å². The number of hydrogen-bond donors (Lipinski definition) is 2. The average molecular weight is 252 g/mol. The van der Waals surface area contributed by atoms with Gasteiger partial charge in [0, 0.05) is 12.5 Å². The van der Waals surface area contributed by atoms with E-state index in [1.165, 1.54) is 0 Å². The minimum absolute atomic E-state index is 0.0556. The van der Waals surface area contributed by atoms with Gasteiger partial charge in [-0.2, -0.15) is 0 Å². The monoisotopic (exact) mass is 252 g/mol. The van der Waals surface area contributed by atoms with Gasteiger partial charge in [-0.15, -0.1) is 0 Å². The van der Waals surface area contributed by atoms with Gasteiger partial charge in [-0.1, -0.05) is 13.3 Å². The summed E-state index contributed by atoms with van der Waals surface area (Å²) < 4.78 is 5.49. The van der Waals surface area contributed by atoms with Crippen LogP contribution in [0.1, 0.15) is 44.6 Å². The van der Waals surface area contributed by atoms with Crippen LogP contribution in [0.4, 0.5) is 0 Å². The Morgan fingerprint density at radius 1 is 1.44 bits per heavy atom. The maximum atomic E-state index is 11.7. The summed E-state index contributed by atoms with van der Waals surface area (Å²) in [5.41, 5.74) is 5.76. The Morgan fingerprint density at radius 2 is 2.17 bits per heavy atom. The summed E-state index contributed by atoms with van der Waals surface area (Å²) in [4.78, 5) is 11.7. The fourth-order valence-electron chi connectivity index (χ4n) is 1.84. The lowest BCUT2D eigenvalue weighted by Crippen LogP contribution is -2.44. The smallest absolute Gasteiger partial charge is 0.237 e. The molecule has 0 aliphatic carbocycles. The zero-order valence-electron chi connectivity index (χ0n) is 11.5. The minimum atomic E-state index is -0.386. The molecule has 0 spiro atoms. The standard InChI is InChI=1S/C14H24N2O2/c1-4-5-13(15)14(17)16-10(2)6-8-12-9-7-11(3)18-12/h7,9-10,13H,4-6,8,15H2,1-3H3,(H,16,17). The van der Waals surface area contributed by atoms with E-state index in [1.807, 2.05) is 32.9 Å². The van der Waals surface area contributed by atoms with E-state index in [2.05, 4.69) is 5.32 Å². The van der Waals surface area contributed by atoms with Gasteiger partial charge in [0.1, 0.15) is 11.5 Å². The van der Waals surface area contributed by atoms with E-state index < -0.39 is 0 Å². The lowest BCUT2D eigenvalue weighted by molar-refractivity contribution is -0.123. The van der Waals surface area contributed by atoms with E-state index in [0.29, 0.717) is 0 Å². The summed E-state index contributed by atoms with van der Waals surface area (Å²) in [5.74, 6) is 1.83. The Kier molecular flexibility index (Phi) is 5.92. The number of aryl methyl sites for hydroxylation is 2. The Bertz CT molecular complexity index is 374. The lowest BCUT2D eigenvalue weighted by atomic mass is 10.1. The number of nitrogens with two attached hydrogens (primary N) is 1. The zero-order chi connectivity index (χ0) is 13.5. The van der Waals surface area contributed by atoms with E-state index in [9.17, 15) is 4.79 Å². The molecule has 0 radical (unpaired) electrons. The van der Waals surface area contributed by atoms with Crippen LogP contribution < -0.4 is 11.1 Å². The van der Waals surface area contributed by atoms with Crippen LogP contribution >= 0.6 is 0 Å². The van der Waals surface area contributed by atoms with Gasteiger partial charge in [0.05, 0.1) is 6.04 Å².